The molecule has 8 heteroatoms. The molecule has 1 heterocycles. The van der Waals surface area contributed by atoms with Gasteiger partial charge in [0.15, 0.2) is 0 Å². The zero-order valence-electron chi connectivity index (χ0n) is 16.7. The van der Waals surface area contributed by atoms with Crippen molar-refractivity contribution in [1.82, 2.24) is 4.90 Å². The molecular formula is C22H22F3NO4. The number of hydrogen-bond donors (Lipinski definition) is 0. The number of methoxy groups -OCH3 is 2. The van der Waals surface area contributed by atoms with E-state index in [2.05, 4.69) is 0 Å². The minimum atomic E-state index is -4.42. The number of nitrogens with zero attached hydrogens (tertiary/aromatic N) is 1. The topological polar surface area (TPSA) is 55.8 Å². The van der Waals surface area contributed by atoms with Crippen molar-refractivity contribution in [2.75, 3.05) is 14.2 Å². The van der Waals surface area contributed by atoms with Crippen LogP contribution in [0.3, 0.4) is 0 Å². The lowest BCUT2D eigenvalue weighted by Gasteiger charge is -2.24. The van der Waals surface area contributed by atoms with Crippen molar-refractivity contribution in [2.45, 2.75) is 32.1 Å². The van der Waals surface area contributed by atoms with Crippen molar-refractivity contribution in [1.29, 1.82) is 0 Å². The van der Waals surface area contributed by atoms with Gasteiger partial charge in [0.1, 0.15) is 5.75 Å². The van der Waals surface area contributed by atoms with Crippen LogP contribution in [0.1, 0.15) is 28.7 Å². The van der Waals surface area contributed by atoms with Crippen LogP contribution in [0.25, 0.3) is 0 Å². The van der Waals surface area contributed by atoms with Crippen LogP contribution in [-0.4, -0.2) is 31.0 Å². The molecule has 2 aromatic carbocycles. The van der Waals surface area contributed by atoms with Crippen LogP contribution in [0.15, 0.2) is 42.5 Å². The Hall–Kier alpha value is -3.03. The van der Waals surface area contributed by atoms with Gasteiger partial charge >= 0.3 is 12.1 Å². The maximum absolute atomic E-state index is 13.2. The molecule has 160 valence electrons. The molecule has 0 saturated carbocycles. The first-order valence-corrected chi connectivity index (χ1v) is 9.38. The second kappa shape index (κ2) is 8.77. The van der Waals surface area contributed by atoms with E-state index in [1.165, 1.54) is 19.2 Å². The minimum absolute atomic E-state index is 0.0652. The van der Waals surface area contributed by atoms with Crippen molar-refractivity contribution in [2.24, 2.45) is 5.92 Å². The molecule has 5 nitrogen and oxygen atoms in total. The van der Waals surface area contributed by atoms with E-state index >= 15 is 0 Å². The Morgan fingerprint density at radius 2 is 1.80 bits per heavy atom. The van der Waals surface area contributed by atoms with Crippen molar-refractivity contribution in [3.8, 4) is 5.75 Å². The van der Waals surface area contributed by atoms with Crippen molar-refractivity contribution in [3.63, 3.8) is 0 Å². The number of ether oxygens (including phenoxy) is 2. The molecule has 0 unspecified atom stereocenters. The molecule has 1 amide bonds. The van der Waals surface area contributed by atoms with E-state index in [4.69, 9.17) is 9.47 Å². The van der Waals surface area contributed by atoms with E-state index in [-0.39, 0.29) is 25.4 Å². The van der Waals surface area contributed by atoms with Gasteiger partial charge in [0.2, 0.25) is 5.91 Å². The van der Waals surface area contributed by atoms with Gasteiger partial charge in [-0.15, -0.1) is 0 Å². The van der Waals surface area contributed by atoms with Gasteiger partial charge in [0.25, 0.3) is 0 Å². The number of fused-ring (bicyclic) bond motifs is 1. The predicted molar refractivity (Wildman–Crippen MR) is 103 cm³/mol. The van der Waals surface area contributed by atoms with Crippen LogP contribution >= 0.6 is 0 Å². The van der Waals surface area contributed by atoms with Crippen molar-refractivity contribution in [3.05, 3.63) is 64.7 Å². The quantitative estimate of drug-likeness (QED) is 0.686. The summed E-state index contributed by atoms with van der Waals surface area (Å²) in [7, 11) is 2.81. The van der Waals surface area contributed by atoms with Crippen LogP contribution in [0, 0.1) is 5.92 Å². The van der Waals surface area contributed by atoms with Crippen LogP contribution in [0.5, 0.6) is 5.75 Å². The SMILES string of the molecule is COC(=O)C[C@@H]1Cc2ccc(OC)cc2CN(Cc2ccc(C(F)(F)F)cc2)C1=O. The third kappa shape index (κ3) is 4.93. The number of rotatable bonds is 5. The number of amides is 1. The fourth-order valence-electron chi connectivity index (χ4n) is 3.57. The summed E-state index contributed by atoms with van der Waals surface area (Å²) in [6.07, 6.45) is -4.11. The molecule has 1 aliphatic rings. The molecule has 1 atom stereocenters. The van der Waals surface area contributed by atoms with Gasteiger partial charge in [-0.1, -0.05) is 18.2 Å². The molecule has 0 spiro atoms. The Morgan fingerprint density at radius 3 is 2.40 bits per heavy atom. The number of carbonyl (C=O) groups excluding carboxylic acids is 2. The molecule has 0 fully saturated rings. The highest BCUT2D eigenvalue weighted by molar-refractivity contribution is 5.84. The largest absolute Gasteiger partial charge is 0.497 e. The highest BCUT2D eigenvalue weighted by Gasteiger charge is 2.33. The number of alkyl halides is 3. The lowest BCUT2D eigenvalue weighted by Crippen LogP contribution is -2.35. The standard InChI is InChI=1S/C22H22F3NO4/c1-29-19-8-5-15-9-16(11-20(27)30-2)21(28)26(13-17(15)10-19)12-14-3-6-18(7-4-14)22(23,24)25/h3-8,10,16H,9,11-13H2,1-2H3/t16-/m0/s1. The van der Waals surface area contributed by atoms with Gasteiger partial charge in [-0.3, -0.25) is 9.59 Å². The molecule has 0 aromatic heterocycles. The van der Waals surface area contributed by atoms with Crippen LogP contribution in [0.2, 0.25) is 0 Å². The van der Waals surface area contributed by atoms with Crippen LogP contribution in [0.4, 0.5) is 13.2 Å². The van der Waals surface area contributed by atoms with Crippen molar-refractivity contribution >= 4 is 11.9 Å². The Balaban J connectivity index is 1.90. The van der Waals surface area contributed by atoms with E-state index in [0.29, 0.717) is 17.7 Å². The third-order valence-electron chi connectivity index (χ3n) is 5.20. The molecule has 0 saturated heterocycles. The number of benzene rings is 2. The van der Waals surface area contributed by atoms with Gasteiger partial charge < -0.3 is 14.4 Å². The highest BCUT2D eigenvalue weighted by Crippen LogP contribution is 2.31. The van der Waals surface area contributed by atoms with E-state index in [9.17, 15) is 22.8 Å². The first-order valence-electron chi connectivity index (χ1n) is 9.38. The number of halogens is 3. The summed E-state index contributed by atoms with van der Waals surface area (Å²) in [5.41, 5.74) is 1.63. The zero-order chi connectivity index (χ0) is 21.9. The molecule has 0 radical (unpaired) electrons. The van der Waals surface area contributed by atoms with Gasteiger partial charge in [0.05, 0.1) is 32.1 Å². The summed E-state index contributed by atoms with van der Waals surface area (Å²) in [6, 6.07) is 10.2. The highest BCUT2D eigenvalue weighted by atomic mass is 19.4. The zero-order valence-corrected chi connectivity index (χ0v) is 16.7. The molecule has 30 heavy (non-hydrogen) atoms. The number of carbonyl (C=O) groups is 2. The molecule has 0 N–H and O–H groups in total. The monoisotopic (exact) mass is 421 g/mol. The van der Waals surface area contributed by atoms with Crippen molar-refractivity contribution < 1.29 is 32.2 Å². The first kappa shape index (κ1) is 21.7. The summed E-state index contributed by atoms with van der Waals surface area (Å²) in [5, 5.41) is 0. The molecular weight excluding hydrogens is 399 g/mol. The van der Waals surface area contributed by atoms with E-state index in [1.54, 1.807) is 18.1 Å². The smallest absolute Gasteiger partial charge is 0.416 e. The summed E-state index contributed by atoms with van der Waals surface area (Å²) >= 11 is 0. The Bertz CT molecular complexity index is 925. The van der Waals surface area contributed by atoms with Crippen LogP contribution < -0.4 is 4.74 Å². The summed E-state index contributed by atoms with van der Waals surface area (Å²) in [5.74, 6) is -0.695. The lowest BCUT2D eigenvalue weighted by molar-refractivity contribution is -0.147. The average Bonchev–Trinajstić information content (AvgIpc) is 2.84. The Kier molecular flexibility index (Phi) is 6.34. The second-order valence-electron chi connectivity index (χ2n) is 7.20. The normalized spacial score (nSPS) is 16.6. The summed E-state index contributed by atoms with van der Waals surface area (Å²) < 4.78 is 48.5. The molecule has 1 aliphatic heterocycles. The molecule has 0 bridgehead atoms. The Labute approximate surface area is 172 Å². The fourth-order valence-corrected chi connectivity index (χ4v) is 3.57. The predicted octanol–water partition coefficient (Wildman–Crippen LogP) is 3.98. The number of hydrogen-bond acceptors (Lipinski definition) is 4. The molecule has 0 aliphatic carbocycles. The summed E-state index contributed by atoms with van der Waals surface area (Å²) in [6.45, 7) is 0.398. The van der Waals surface area contributed by atoms with E-state index in [0.717, 1.165) is 23.3 Å². The Morgan fingerprint density at radius 1 is 1.10 bits per heavy atom. The second-order valence-corrected chi connectivity index (χ2v) is 7.20. The van der Waals surface area contributed by atoms with E-state index < -0.39 is 23.6 Å². The maximum Gasteiger partial charge on any atom is 0.416 e. The molecule has 3 rings (SSSR count). The van der Waals surface area contributed by atoms with Gasteiger partial charge in [-0.2, -0.15) is 13.2 Å². The van der Waals surface area contributed by atoms with Crippen LogP contribution in [-0.2, 0) is 40.0 Å². The minimum Gasteiger partial charge on any atom is -0.497 e. The number of esters is 1. The first-order chi connectivity index (χ1) is 14.2. The van der Waals surface area contributed by atoms with Gasteiger partial charge in [0, 0.05) is 13.1 Å². The average molecular weight is 421 g/mol. The van der Waals surface area contributed by atoms with Gasteiger partial charge in [-0.05, 0) is 47.4 Å². The lowest BCUT2D eigenvalue weighted by atomic mass is 9.94. The molecule has 2 aromatic rings. The third-order valence-corrected chi connectivity index (χ3v) is 5.20. The fraction of sp³-hybridized carbons (Fsp3) is 0.364. The maximum atomic E-state index is 13.2. The van der Waals surface area contributed by atoms with E-state index in [1.807, 2.05) is 12.1 Å². The van der Waals surface area contributed by atoms with Gasteiger partial charge in [-0.25, -0.2) is 0 Å². The summed E-state index contributed by atoms with van der Waals surface area (Å²) in [4.78, 5) is 26.5.